The minimum atomic E-state index is -0.209. The Balaban J connectivity index is 0.00000169. The van der Waals surface area contributed by atoms with Gasteiger partial charge in [0.15, 0.2) is 0 Å². The van der Waals surface area contributed by atoms with Gasteiger partial charge in [0.2, 0.25) is 0 Å². The first-order chi connectivity index (χ1) is 11.2. The summed E-state index contributed by atoms with van der Waals surface area (Å²) in [6.45, 7) is 2.55. The van der Waals surface area contributed by atoms with E-state index in [0.29, 0.717) is 0 Å². The Morgan fingerprint density at radius 3 is 2.54 bits per heavy atom. The Bertz CT molecular complexity index is 842. The van der Waals surface area contributed by atoms with Gasteiger partial charge in [-0.3, -0.25) is 4.90 Å². The summed E-state index contributed by atoms with van der Waals surface area (Å²) in [6, 6.07) is 11.6. The molecule has 0 atom stereocenters. The molecule has 1 aromatic heterocycles. The topological polar surface area (TPSA) is 19.0 Å². The van der Waals surface area contributed by atoms with Crippen molar-refractivity contribution in [2.45, 2.75) is 25.9 Å². The summed E-state index contributed by atoms with van der Waals surface area (Å²) < 4.78 is 26.6. The van der Waals surface area contributed by atoms with E-state index in [0.717, 1.165) is 48.9 Å². The van der Waals surface area contributed by atoms with Crippen molar-refractivity contribution in [1.82, 2.24) is 9.88 Å². The average Bonchev–Trinajstić information content (AvgIpc) is 2.74. The zero-order valence-corrected chi connectivity index (χ0v) is 14.0. The molecule has 0 bridgehead atoms. The minimum Gasteiger partial charge on any atom is -0.358 e. The Morgan fingerprint density at radius 1 is 1.00 bits per heavy atom. The van der Waals surface area contributed by atoms with Crippen molar-refractivity contribution < 1.29 is 8.78 Å². The minimum absolute atomic E-state index is 0. The van der Waals surface area contributed by atoms with Gasteiger partial charge in [-0.05, 0) is 60.8 Å². The number of aryl methyl sites for hydroxylation is 1. The van der Waals surface area contributed by atoms with Crippen molar-refractivity contribution in [1.29, 1.82) is 0 Å². The standard InChI is InChI=1S/C19H18F2N2.ClH/c20-14-5-3-13(4-6-14)11-23-9-1-2-18-17(12-23)16-10-15(21)7-8-19(16)22-18;/h3-8,10,22H,1-2,9,11-12H2;1H. The number of hydrogen-bond donors (Lipinski definition) is 1. The molecule has 5 heteroatoms. The van der Waals surface area contributed by atoms with Crippen LogP contribution in [0.3, 0.4) is 0 Å². The highest BCUT2D eigenvalue weighted by atomic mass is 35.5. The van der Waals surface area contributed by atoms with Gasteiger partial charge in [-0.2, -0.15) is 0 Å². The zero-order chi connectivity index (χ0) is 15.8. The molecule has 0 fully saturated rings. The number of halogens is 3. The lowest BCUT2D eigenvalue weighted by Gasteiger charge is -2.20. The van der Waals surface area contributed by atoms with Gasteiger partial charge in [-0.1, -0.05) is 12.1 Å². The van der Waals surface area contributed by atoms with Crippen LogP contribution in [0.1, 0.15) is 23.2 Å². The maximum atomic E-state index is 13.6. The fourth-order valence-corrected chi connectivity index (χ4v) is 3.43. The lowest BCUT2D eigenvalue weighted by Crippen LogP contribution is -2.22. The first kappa shape index (κ1) is 16.9. The third-order valence-electron chi connectivity index (χ3n) is 4.56. The monoisotopic (exact) mass is 348 g/mol. The molecule has 0 amide bonds. The van der Waals surface area contributed by atoms with Gasteiger partial charge in [0.05, 0.1) is 0 Å². The summed E-state index contributed by atoms with van der Waals surface area (Å²) >= 11 is 0. The highest BCUT2D eigenvalue weighted by molar-refractivity contribution is 5.85. The predicted octanol–water partition coefficient (Wildman–Crippen LogP) is 4.82. The van der Waals surface area contributed by atoms with E-state index in [9.17, 15) is 8.78 Å². The summed E-state index contributed by atoms with van der Waals surface area (Å²) in [7, 11) is 0. The van der Waals surface area contributed by atoms with Gasteiger partial charge in [0, 0.05) is 29.7 Å². The van der Waals surface area contributed by atoms with E-state index in [1.165, 1.54) is 29.5 Å². The van der Waals surface area contributed by atoms with Crippen LogP contribution in [0.2, 0.25) is 0 Å². The number of nitrogens with one attached hydrogen (secondary N) is 1. The van der Waals surface area contributed by atoms with Gasteiger partial charge in [0.25, 0.3) is 0 Å². The van der Waals surface area contributed by atoms with E-state index < -0.39 is 0 Å². The molecule has 0 radical (unpaired) electrons. The Morgan fingerprint density at radius 2 is 1.75 bits per heavy atom. The molecule has 3 aromatic rings. The number of aromatic amines is 1. The number of hydrogen-bond acceptors (Lipinski definition) is 1. The number of fused-ring (bicyclic) bond motifs is 3. The van der Waals surface area contributed by atoms with E-state index in [1.54, 1.807) is 6.07 Å². The lowest BCUT2D eigenvalue weighted by atomic mass is 10.1. The number of nitrogens with zero attached hydrogens (tertiary/aromatic N) is 1. The normalized spacial score (nSPS) is 14.9. The Kier molecular flexibility index (Phi) is 4.88. The van der Waals surface area contributed by atoms with Crippen LogP contribution in [0.4, 0.5) is 8.78 Å². The fourth-order valence-electron chi connectivity index (χ4n) is 3.43. The third-order valence-corrected chi connectivity index (χ3v) is 4.56. The highest BCUT2D eigenvalue weighted by Gasteiger charge is 2.19. The van der Waals surface area contributed by atoms with Crippen molar-refractivity contribution in [3.05, 3.63) is 70.9 Å². The van der Waals surface area contributed by atoms with Crippen molar-refractivity contribution in [2.24, 2.45) is 0 Å². The summed E-state index contributed by atoms with van der Waals surface area (Å²) in [5.74, 6) is -0.410. The summed E-state index contributed by atoms with van der Waals surface area (Å²) in [5, 5.41) is 0.978. The van der Waals surface area contributed by atoms with Gasteiger partial charge >= 0.3 is 0 Å². The molecule has 0 saturated heterocycles. The fraction of sp³-hybridized carbons (Fsp3) is 0.263. The molecule has 1 N–H and O–H groups in total. The van der Waals surface area contributed by atoms with Gasteiger partial charge < -0.3 is 4.98 Å². The van der Waals surface area contributed by atoms with E-state index in [2.05, 4.69) is 9.88 Å². The van der Waals surface area contributed by atoms with Crippen molar-refractivity contribution in [3.63, 3.8) is 0 Å². The summed E-state index contributed by atoms with van der Waals surface area (Å²) in [5.41, 5.74) is 4.51. The van der Waals surface area contributed by atoms with Crippen LogP contribution in [-0.4, -0.2) is 16.4 Å². The van der Waals surface area contributed by atoms with Crippen LogP contribution >= 0.6 is 12.4 Å². The maximum absolute atomic E-state index is 13.6. The van der Waals surface area contributed by atoms with Gasteiger partial charge in [-0.15, -0.1) is 12.4 Å². The first-order valence-electron chi connectivity index (χ1n) is 7.95. The van der Waals surface area contributed by atoms with Gasteiger partial charge in [0.1, 0.15) is 11.6 Å². The number of H-pyrrole nitrogens is 1. The first-order valence-corrected chi connectivity index (χ1v) is 7.95. The molecule has 126 valence electrons. The van der Waals surface area contributed by atoms with E-state index in [1.807, 2.05) is 18.2 Å². The SMILES string of the molecule is Cl.Fc1ccc(CN2CCCc3[nH]c4ccc(F)cc4c3C2)cc1. The number of aromatic nitrogens is 1. The van der Waals surface area contributed by atoms with E-state index in [-0.39, 0.29) is 24.0 Å². The molecule has 2 heterocycles. The second-order valence-electron chi connectivity index (χ2n) is 6.21. The molecule has 0 unspecified atom stereocenters. The molecule has 0 aliphatic carbocycles. The smallest absolute Gasteiger partial charge is 0.123 e. The van der Waals surface area contributed by atoms with E-state index >= 15 is 0 Å². The quantitative estimate of drug-likeness (QED) is 0.703. The van der Waals surface area contributed by atoms with E-state index in [4.69, 9.17) is 0 Å². The molecule has 4 rings (SSSR count). The van der Waals surface area contributed by atoms with Crippen LogP contribution in [0.25, 0.3) is 10.9 Å². The van der Waals surface area contributed by atoms with Crippen molar-refractivity contribution in [2.75, 3.05) is 6.54 Å². The third kappa shape index (κ3) is 3.30. The summed E-state index contributed by atoms with van der Waals surface area (Å²) in [4.78, 5) is 5.78. The maximum Gasteiger partial charge on any atom is 0.123 e. The van der Waals surface area contributed by atoms with Crippen LogP contribution in [0.15, 0.2) is 42.5 Å². The Hall–Kier alpha value is -1.91. The highest BCUT2D eigenvalue weighted by Crippen LogP contribution is 2.28. The van der Waals surface area contributed by atoms with Gasteiger partial charge in [-0.25, -0.2) is 8.78 Å². The molecule has 1 aliphatic heterocycles. The second kappa shape index (κ2) is 6.91. The second-order valence-corrected chi connectivity index (χ2v) is 6.21. The van der Waals surface area contributed by atoms with Crippen molar-refractivity contribution in [3.8, 4) is 0 Å². The predicted molar refractivity (Wildman–Crippen MR) is 94.3 cm³/mol. The number of rotatable bonds is 2. The summed E-state index contributed by atoms with van der Waals surface area (Å²) in [6.07, 6.45) is 2.04. The van der Waals surface area contributed by atoms with Crippen LogP contribution in [0.5, 0.6) is 0 Å². The molecule has 2 aromatic carbocycles. The molecule has 2 nitrogen and oxygen atoms in total. The molecular weight excluding hydrogens is 330 g/mol. The van der Waals surface area contributed by atoms with Crippen LogP contribution < -0.4 is 0 Å². The largest absolute Gasteiger partial charge is 0.358 e. The zero-order valence-electron chi connectivity index (χ0n) is 13.2. The molecule has 1 aliphatic rings. The molecule has 0 spiro atoms. The molecule has 0 saturated carbocycles. The number of benzene rings is 2. The Labute approximate surface area is 145 Å². The average molecular weight is 349 g/mol. The molecule has 24 heavy (non-hydrogen) atoms. The van der Waals surface area contributed by atoms with Crippen LogP contribution in [0, 0.1) is 11.6 Å². The van der Waals surface area contributed by atoms with Crippen molar-refractivity contribution >= 4 is 23.3 Å². The van der Waals surface area contributed by atoms with Crippen LogP contribution in [-0.2, 0) is 19.5 Å². The molecular formula is C19H19ClF2N2. The lowest BCUT2D eigenvalue weighted by molar-refractivity contribution is 0.262.